The second kappa shape index (κ2) is 4.72. The molecule has 1 rings (SSSR count). The minimum absolute atomic E-state index is 0.141. The summed E-state index contributed by atoms with van der Waals surface area (Å²) in [4.78, 5) is 12.5. The van der Waals surface area contributed by atoms with Gasteiger partial charge in [0.15, 0.2) is 0 Å². The third kappa shape index (κ3) is 2.88. The molecule has 0 atom stereocenters. The van der Waals surface area contributed by atoms with Crippen molar-refractivity contribution in [3.8, 4) is 0 Å². The van der Waals surface area contributed by atoms with Crippen LogP contribution in [-0.2, 0) is 4.79 Å². The normalized spacial score (nSPS) is 10.1. The summed E-state index contributed by atoms with van der Waals surface area (Å²) in [7, 11) is 0. The maximum Gasteiger partial charge on any atom is 0.248 e. The number of amides is 1. The summed E-state index contributed by atoms with van der Waals surface area (Å²) in [6.07, 6.45) is 1.41. The summed E-state index contributed by atoms with van der Waals surface area (Å²) in [5.41, 5.74) is 0.799. The molecule has 1 amide bonds. The fraction of sp³-hybridized carbons (Fsp3) is 0. The van der Waals surface area contributed by atoms with E-state index in [1.165, 1.54) is 11.1 Å². The predicted octanol–water partition coefficient (Wildman–Crippen LogP) is 2.53. The van der Waals surface area contributed by atoms with Gasteiger partial charge in [-0.15, -0.1) is 0 Å². The van der Waals surface area contributed by atoms with Gasteiger partial charge in [0.05, 0.1) is 0 Å². The molecule has 12 heavy (non-hydrogen) atoms. The molecular formula is C9H8BrNO. The zero-order valence-electron chi connectivity index (χ0n) is 6.33. The van der Waals surface area contributed by atoms with Gasteiger partial charge in [-0.3, -0.25) is 4.79 Å². The number of carbonyl (C=O) groups excluding carboxylic acids is 1. The smallest absolute Gasteiger partial charge is 0.248 e. The van der Waals surface area contributed by atoms with E-state index in [2.05, 4.69) is 21.2 Å². The number of rotatable bonds is 2. The van der Waals surface area contributed by atoms with Gasteiger partial charge in [0, 0.05) is 11.8 Å². The lowest BCUT2D eigenvalue weighted by Crippen LogP contribution is -2.06. The van der Waals surface area contributed by atoms with E-state index in [9.17, 15) is 4.79 Å². The van der Waals surface area contributed by atoms with E-state index in [0.717, 1.165) is 5.69 Å². The molecule has 0 saturated carbocycles. The van der Waals surface area contributed by atoms with Crippen molar-refractivity contribution in [2.45, 2.75) is 0 Å². The largest absolute Gasteiger partial charge is 0.322 e. The van der Waals surface area contributed by atoms with Crippen LogP contribution in [0.3, 0.4) is 0 Å². The SMILES string of the molecule is O=C(C=CBr)Nc1ccccc1. The van der Waals surface area contributed by atoms with E-state index >= 15 is 0 Å². The number of nitrogens with one attached hydrogen (secondary N) is 1. The average molecular weight is 226 g/mol. The Morgan fingerprint density at radius 1 is 1.33 bits per heavy atom. The van der Waals surface area contributed by atoms with E-state index in [4.69, 9.17) is 0 Å². The highest BCUT2D eigenvalue weighted by atomic mass is 79.9. The van der Waals surface area contributed by atoms with Gasteiger partial charge in [-0.1, -0.05) is 34.1 Å². The molecule has 0 aliphatic carbocycles. The Labute approximate surface area is 79.4 Å². The first-order valence-electron chi connectivity index (χ1n) is 3.46. The fourth-order valence-electron chi connectivity index (χ4n) is 0.763. The van der Waals surface area contributed by atoms with Crippen LogP contribution >= 0.6 is 15.9 Å². The molecular weight excluding hydrogens is 218 g/mol. The highest BCUT2D eigenvalue weighted by molar-refractivity contribution is 9.11. The molecule has 0 bridgehead atoms. The van der Waals surface area contributed by atoms with Crippen LogP contribution in [-0.4, -0.2) is 5.91 Å². The molecule has 0 aliphatic heterocycles. The first kappa shape index (κ1) is 9.00. The van der Waals surface area contributed by atoms with Crippen molar-refractivity contribution in [3.63, 3.8) is 0 Å². The van der Waals surface area contributed by atoms with Crippen LogP contribution in [0.2, 0.25) is 0 Å². The molecule has 1 N–H and O–H groups in total. The lowest BCUT2D eigenvalue weighted by atomic mass is 10.3. The van der Waals surface area contributed by atoms with Crippen LogP contribution < -0.4 is 5.32 Å². The molecule has 0 radical (unpaired) electrons. The third-order valence-electron chi connectivity index (χ3n) is 1.26. The average Bonchev–Trinajstić information content (AvgIpc) is 2.06. The topological polar surface area (TPSA) is 29.1 Å². The molecule has 0 aromatic heterocycles. The number of carbonyl (C=O) groups is 1. The Morgan fingerprint density at radius 3 is 2.58 bits per heavy atom. The van der Waals surface area contributed by atoms with Gasteiger partial charge in [0.25, 0.3) is 0 Å². The summed E-state index contributed by atoms with van der Waals surface area (Å²) in [6, 6.07) is 9.30. The van der Waals surface area contributed by atoms with Crippen molar-refractivity contribution >= 4 is 27.5 Å². The first-order valence-corrected chi connectivity index (χ1v) is 4.37. The Kier molecular flexibility index (Phi) is 3.54. The summed E-state index contributed by atoms with van der Waals surface area (Å²) >= 11 is 3.02. The van der Waals surface area contributed by atoms with E-state index in [1.54, 1.807) is 0 Å². The van der Waals surface area contributed by atoms with Crippen molar-refractivity contribution < 1.29 is 4.79 Å². The standard InChI is InChI=1S/C9H8BrNO/c10-7-6-9(12)11-8-4-2-1-3-5-8/h1-7H,(H,11,12). The second-order valence-corrected chi connectivity index (χ2v) is 2.68. The van der Waals surface area contributed by atoms with Crippen LogP contribution in [0.1, 0.15) is 0 Å². The summed E-state index contributed by atoms with van der Waals surface area (Å²) in [5, 5.41) is 2.69. The maximum absolute atomic E-state index is 11.0. The Morgan fingerprint density at radius 2 is 2.00 bits per heavy atom. The minimum Gasteiger partial charge on any atom is -0.322 e. The van der Waals surface area contributed by atoms with E-state index in [1.807, 2.05) is 30.3 Å². The van der Waals surface area contributed by atoms with Crippen LogP contribution in [0.15, 0.2) is 41.4 Å². The van der Waals surface area contributed by atoms with Gasteiger partial charge in [-0.05, 0) is 17.1 Å². The summed E-state index contributed by atoms with van der Waals surface area (Å²) in [5.74, 6) is -0.141. The highest BCUT2D eigenvalue weighted by Crippen LogP contribution is 2.04. The van der Waals surface area contributed by atoms with E-state index < -0.39 is 0 Å². The van der Waals surface area contributed by atoms with Gasteiger partial charge in [0.2, 0.25) is 5.91 Å². The molecule has 1 aromatic rings. The molecule has 0 saturated heterocycles. The number of hydrogen-bond acceptors (Lipinski definition) is 1. The van der Waals surface area contributed by atoms with E-state index in [0.29, 0.717) is 0 Å². The van der Waals surface area contributed by atoms with Gasteiger partial charge >= 0.3 is 0 Å². The lowest BCUT2D eigenvalue weighted by molar-refractivity contribution is -0.111. The Hall–Kier alpha value is -1.09. The Balaban J connectivity index is 2.59. The molecule has 0 aliphatic rings. The molecule has 2 nitrogen and oxygen atoms in total. The van der Waals surface area contributed by atoms with E-state index in [-0.39, 0.29) is 5.91 Å². The minimum atomic E-state index is -0.141. The number of anilines is 1. The number of para-hydroxylation sites is 1. The van der Waals surface area contributed by atoms with Crippen LogP contribution in [0, 0.1) is 0 Å². The zero-order chi connectivity index (χ0) is 8.81. The predicted molar refractivity (Wildman–Crippen MR) is 53.1 cm³/mol. The van der Waals surface area contributed by atoms with Gasteiger partial charge in [0.1, 0.15) is 0 Å². The molecule has 0 spiro atoms. The van der Waals surface area contributed by atoms with Crippen molar-refractivity contribution in [2.75, 3.05) is 5.32 Å². The molecule has 3 heteroatoms. The lowest BCUT2D eigenvalue weighted by Gasteiger charge is -1.99. The molecule has 0 fully saturated rings. The van der Waals surface area contributed by atoms with Crippen molar-refractivity contribution in [1.29, 1.82) is 0 Å². The highest BCUT2D eigenvalue weighted by Gasteiger charge is 1.93. The quantitative estimate of drug-likeness (QED) is 0.771. The molecule has 1 aromatic carbocycles. The van der Waals surface area contributed by atoms with Crippen molar-refractivity contribution in [2.24, 2.45) is 0 Å². The van der Waals surface area contributed by atoms with Crippen molar-refractivity contribution in [1.82, 2.24) is 0 Å². The number of hydrogen-bond donors (Lipinski definition) is 1. The zero-order valence-corrected chi connectivity index (χ0v) is 7.91. The molecule has 62 valence electrons. The maximum atomic E-state index is 11.0. The fourth-order valence-corrected chi connectivity index (χ4v) is 1.00. The number of benzene rings is 1. The van der Waals surface area contributed by atoms with Crippen LogP contribution in [0.25, 0.3) is 0 Å². The summed E-state index contributed by atoms with van der Waals surface area (Å²) < 4.78 is 0. The Bertz CT molecular complexity index is 282. The summed E-state index contributed by atoms with van der Waals surface area (Å²) in [6.45, 7) is 0. The molecule has 0 unspecified atom stereocenters. The monoisotopic (exact) mass is 225 g/mol. The van der Waals surface area contributed by atoms with Gasteiger partial charge in [-0.2, -0.15) is 0 Å². The van der Waals surface area contributed by atoms with Gasteiger partial charge < -0.3 is 5.32 Å². The van der Waals surface area contributed by atoms with Gasteiger partial charge in [-0.25, -0.2) is 0 Å². The number of halogens is 1. The molecule has 0 heterocycles. The first-order chi connectivity index (χ1) is 5.83. The van der Waals surface area contributed by atoms with Crippen LogP contribution in [0.4, 0.5) is 5.69 Å². The third-order valence-corrected chi connectivity index (χ3v) is 1.52. The van der Waals surface area contributed by atoms with Crippen molar-refractivity contribution in [3.05, 3.63) is 41.4 Å². The second-order valence-electron chi connectivity index (χ2n) is 2.15. The van der Waals surface area contributed by atoms with Crippen LogP contribution in [0.5, 0.6) is 0 Å².